The molecule has 0 radical (unpaired) electrons. The number of nitrogens with zero attached hydrogens (tertiary/aromatic N) is 2. The van der Waals surface area contributed by atoms with E-state index in [1.165, 1.54) is 0 Å². The summed E-state index contributed by atoms with van der Waals surface area (Å²) in [4.78, 5) is 11.7. The SMILES string of the molecule is Cc1nn(C)cc1C(=O)OCc1ccsc1. The lowest BCUT2D eigenvalue weighted by Gasteiger charge is -2.01. The summed E-state index contributed by atoms with van der Waals surface area (Å²) >= 11 is 1.59. The molecule has 0 aliphatic carbocycles. The Bertz CT molecular complexity index is 488. The number of ether oxygens (including phenoxy) is 1. The van der Waals surface area contributed by atoms with Gasteiger partial charge in [-0.1, -0.05) is 0 Å². The Hall–Kier alpha value is -1.62. The quantitative estimate of drug-likeness (QED) is 0.767. The molecule has 4 nitrogen and oxygen atoms in total. The van der Waals surface area contributed by atoms with Gasteiger partial charge >= 0.3 is 5.97 Å². The van der Waals surface area contributed by atoms with Gasteiger partial charge in [0.25, 0.3) is 0 Å². The summed E-state index contributed by atoms with van der Waals surface area (Å²) in [5, 5.41) is 8.01. The Morgan fingerprint density at radius 1 is 1.62 bits per heavy atom. The van der Waals surface area contributed by atoms with Crippen LogP contribution in [-0.2, 0) is 18.4 Å². The van der Waals surface area contributed by atoms with Crippen LogP contribution in [0.5, 0.6) is 0 Å². The smallest absolute Gasteiger partial charge is 0.341 e. The van der Waals surface area contributed by atoms with E-state index in [0.29, 0.717) is 17.9 Å². The number of hydrogen-bond donors (Lipinski definition) is 0. The second kappa shape index (κ2) is 4.49. The number of rotatable bonds is 3. The minimum Gasteiger partial charge on any atom is -0.457 e. The largest absolute Gasteiger partial charge is 0.457 e. The first-order chi connectivity index (χ1) is 7.66. The Morgan fingerprint density at radius 2 is 2.44 bits per heavy atom. The molecule has 84 valence electrons. The monoisotopic (exact) mass is 236 g/mol. The van der Waals surface area contributed by atoms with Crippen LogP contribution in [0.4, 0.5) is 0 Å². The fourth-order valence-electron chi connectivity index (χ4n) is 1.40. The average molecular weight is 236 g/mol. The first-order valence-corrected chi connectivity index (χ1v) is 5.79. The van der Waals surface area contributed by atoms with Crippen molar-refractivity contribution in [3.63, 3.8) is 0 Å². The van der Waals surface area contributed by atoms with E-state index in [0.717, 1.165) is 5.56 Å². The zero-order valence-corrected chi connectivity index (χ0v) is 9.95. The van der Waals surface area contributed by atoms with Crippen molar-refractivity contribution < 1.29 is 9.53 Å². The van der Waals surface area contributed by atoms with Crippen LogP contribution in [-0.4, -0.2) is 15.7 Å². The number of thiophene rings is 1. The van der Waals surface area contributed by atoms with Gasteiger partial charge in [0.05, 0.1) is 5.69 Å². The molecular weight excluding hydrogens is 224 g/mol. The van der Waals surface area contributed by atoms with Crippen molar-refractivity contribution in [3.05, 3.63) is 39.8 Å². The number of aryl methyl sites for hydroxylation is 2. The van der Waals surface area contributed by atoms with Gasteiger partial charge in [0, 0.05) is 18.8 Å². The molecule has 0 fully saturated rings. The van der Waals surface area contributed by atoms with E-state index in [4.69, 9.17) is 4.74 Å². The molecule has 2 rings (SSSR count). The van der Waals surface area contributed by atoms with Gasteiger partial charge < -0.3 is 4.74 Å². The standard InChI is InChI=1S/C11H12N2O2S/c1-8-10(5-13(2)12-8)11(14)15-6-9-3-4-16-7-9/h3-5,7H,6H2,1-2H3. The van der Waals surface area contributed by atoms with Crippen molar-refractivity contribution in [1.29, 1.82) is 0 Å². The van der Waals surface area contributed by atoms with Crippen molar-refractivity contribution in [2.45, 2.75) is 13.5 Å². The maximum Gasteiger partial charge on any atom is 0.341 e. The van der Waals surface area contributed by atoms with E-state index in [1.54, 1.807) is 36.2 Å². The molecule has 5 heteroatoms. The average Bonchev–Trinajstić information content (AvgIpc) is 2.84. The number of esters is 1. The van der Waals surface area contributed by atoms with Crippen molar-refractivity contribution >= 4 is 17.3 Å². The first-order valence-electron chi connectivity index (χ1n) is 4.85. The molecule has 0 saturated heterocycles. The fraction of sp³-hybridized carbons (Fsp3) is 0.273. The zero-order valence-electron chi connectivity index (χ0n) is 9.14. The Balaban J connectivity index is 2.01. The lowest BCUT2D eigenvalue weighted by molar-refractivity contribution is 0.0472. The summed E-state index contributed by atoms with van der Waals surface area (Å²) in [6.45, 7) is 2.11. The molecule has 0 aliphatic rings. The topological polar surface area (TPSA) is 44.1 Å². The zero-order chi connectivity index (χ0) is 11.5. The Morgan fingerprint density at radius 3 is 3.00 bits per heavy atom. The number of carbonyl (C=O) groups excluding carboxylic acids is 1. The first kappa shape index (κ1) is 10.9. The summed E-state index contributed by atoms with van der Waals surface area (Å²) < 4.78 is 6.79. The third-order valence-electron chi connectivity index (χ3n) is 2.18. The minimum atomic E-state index is -0.322. The molecule has 2 heterocycles. The molecule has 0 atom stereocenters. The van der Waals surface area contributed by atoms with Crippen LogP contribution in [0.3, 0.4) is 0 Å². The van der Waals surface area contributed by atoms with Gasteiger partial charge in [-0.05, 0) is 23.8 Å². The highest BCUT2D eigenvalue weighted by Crippen LogP contribution is 2.11. The molecule has 0 N–H and O–H groups in total. The van der Waals surface area contributed by atoms with E-state index in [-0.39, 0.29) is 5.97 Å². The van der Waals surface area contributed by atoms with E-state index in [2.05, 4.69) is 5.10 Å². The highest BCUT2D eigenvalue weighted by atomic mass is 32.1. The molecule has 2 aromatic rings. The number of aromatic nitrogens is 2. The highest BCUT2D eigenvalue weighted by Gasteiger charge is 2.13. The van der Waals surface area contributed by atoms with Crippen molar-refractivity contribution in [2.75, 3.05) is 0 Å². The van der Waals surface area contributed by atoms with E-state index < -0.39 is 0 Å². The van der Waals surface area contributed by atoms with Gasteiger partial charge in [-0.25, -0.2) is 4.79 Å². The highest BCUT2D eigenvalue weighted by molar-refractivity contribution is 7.07. The second-order valence-corrected chi connectivity index (χ2v) is 4.29. The van der Waals surface area contributed by atoms with Gasteiger partial charge in [0.2, 0.25) is 0 Å². The molecular formula is C11H12N2O2S. The van der Waals surface area contributed by atoms with E-state index in [9.17, 15) is 4.79 Å². The molecule has 0 unspecified atom stereocenters. The lowest BCUT2D eigenvalue weighted by Crippen LogP contribution is -2.05. The fourth-order valence-corrected chi connectivity index (χ4v) is 2.05. The van der Waals surface area contributed by atoms with Crippen LogP contribution < -0.4 is 0 Å². The van der Waals surface area contributed by atoms with E-state index in [1.807, 2.05) is 16.8 Å². The summed E-state index contributed by atoms with van der Waals surface area (Å²) in [6, 6.07) is 1.94. The number of carbonyl (C=O) groups is 1. The normalized spacial score (nSPS) is 10.4. The summed E-state index contributed by atoms with van der Waals surface area (Å²) in [6.07, 6.45) is 1.67. The van der Waals surface area contributed by atoms with Crippen molar-refractivity contribution in [1.82, 2.24) is 9.78 Å². The van der Waals surface area contributed by atoms with Crippen LogP contribution in [0, 0.1) is 6.92 Å². The van der Waals surface area contributed by atoms with Crippen LogP contribution in [0.15, 0.2) is 23.0 Å². The molecule has 16 heavy (non-hydrogen) atoms. The molecule has 0 spiro atoms. The predicted octanol–water partition coefficient (Wildman–Crippen LogP) is 2.15. The molecule has 0 aromatic carbocycles. The Labute approximate surface area is 97.5 Å². The van der Waals surface area contributed by atoms with Gasteiger partial charge in [-0.2, -0.15) is 16.4 Å². The van der Waals surface area contributed by atoms with Gasteiger partial charge in [-0.3, -0.25) is 4.68 Å². The third-order valence-corrected chi connectivity index (χ3v) is 2.92. The van der Waals surface area contributed by atoms with Crippen molar-refractivity contribution in [3.8, 4) is 0 Å². The number of hydrogen-bond acceptors (Lipinski definition) is 4. The van der Waals surface area contributed by atoms with Gasteiger partial charge in [0.1, 0.15) is 12.2 Å². The lowest BCUT2D eigenvalue weighted by atomic mass is 10.3. The van der Waals surface area contributed by atoms with Crippen LogP contribution >= 0.6 is 11.3 Å². The molecule has 0 aliphatic heterocycles. The predicted molar refractivity (Wildman–Crippen MR) is 61.4 cm³/mol. The molecule has 2 aromatic heterocycles. The minimum absolute atomic E-state index is 0.316. The summed E-state index contributed by atoms with van der Waals surface area (Å²) in [5.41, 5.74) is 2.23. The van der Waals surface area contributed by atoms with E-state index >= 15 is 0 Å². The summed E-state index contributed by atoms with van der Waals surface area (Å²) in [7, 11) is 1.78. The third kappa shape index (κ3) is 2.30. The summed E-state index contributed by atoms with van der Waals surface area (Å²) in [5.74, 6) is -0.322. The van der Waals surface area contributed by atoms with Crippen LogP contribution in [0.2, 0.25) is 0 Å². The van der Waals surface area contributed by atoms with Crippen molar-refractivity contribution in [2.24, 2.45) is 7.05 Å². The van der Waals surface area contributed by atoms with Crippen LogP contribution in [0.25, 0.3) is 0 Å². The molecule has 0 bridgehead atoms. The van der Waals surface area contributed by atoms with Gasteiger partial charge in [-0.15, -0.1) is 0 Å². The maximum atomic E-state index is 11.7. The Kier molecular flexibility index (Phi) is 3.05. The van der Waals surface area contributed by atoms with Gasteiger partial charge in [0.15, 0.2) is 0 Å². The van der Waals surface area contributed by atoms with Crippen LogP contribution in [0.1, 0.15) is 21.6 Å². The molecule has 0 saturated carbocycles. The molecule has 0 amide bonds. The maximum absolute atomic E-state index is 11.7. The second-order valence-electron chi connectivity index (χ2n) is 3.51.